The van der Waals surface area contributed by atoms with Gasteiger partial charge in [0.2, 0.25) is 5.91 Å². The molecule has 2 amide bonds. The largest absolute Gasteiger partial charge is 0.353 e. The molecule has 1 atom stereocenters. The topological polar surface area (TPSA) is 49.4 Å². The van der Waals surface area contributed by atoms with Gasteiger partial charge in [-0.2, -0.15) is 0 Å². The summed E-state index contributed by atoms with van der Waals surface area (Å²) in [6, 6.07) is 7.11. The van der Waals surface area contributed by atoms with Crippen molar-refractivity contribution in [3.63, 3.8) is 0 Å². The fourth-order valence-electron chi connectivity index (χ4n) is 2.63. The van der Waals surface area contributed by atoms with Crippen LogP contribution >= 0.6 is 11.6 Å². The lowest BCUT2D eigenvalue weighted by Gasteiger charge is -2.32. The van der Waals surface area contributed by atoms with Crippen molar-refractivity contribution >= 4 is 23.4 Å². The second-order valence-electron chi connectivity index (χ2n) is 6.61. The molecule has 1 aliphatic heterocycles. The summed E-state index contributed by atoms with van der Waals surface area (Å²) in [7, 11) is 0. The van der Waals surface area contributed by atoms with Crippen LogP contribution < -0.4 is 5.32 Å². The van der Waals surface area contributed by atoms with E-state index in [1.807, 2.05) is 11.8 Å². The van der Waals surface area contributed by atoms with Crippen molar-refractivity contribution in [1.82, 2.24) is 10.2 Å². The number of halogens is 1. The number of likely N-dealkylation sites (tertiary alicyclic amines) is 1. The summed E-state index contributed by atoms with van der Waals surface area (Å²) in [4.78, 5) is 26.5. The molecule has 1 aromatic carbocycles. The zero-order valence-corrected chi connectivity index (χ0v) is 14.8. The van der Waals surface area contributed by atoms with Gasteiger partial charge in [-0.3, -0.25) is 9.59 Å². The van der Waals surface area contributed by atoms with E-state index in [2.05, 4.69) is 19.2 Å². The molecule has 5 heteroatoms. The van der Waals surface area contributed by atoms with Crippen LogP contribution in [0.5, 0.6) is 0 Å². The molecule has 1 unspecified atom stereocenters. The lowest BCUT2D eigenvalue weighted by Crippen LogP contribution is -2.45. The Labute approximate surface area is 143 Å². The molecular weight excluding hydrogens is 312 g/mol. The third-order valence-corrected chi connectivity index (χ3v) is 4.87. The average Bonchev–Trinajstić information content (AvgIpc) is 2.55. The maximum atomic E-state index is 12.4. The average molecular weight is 337 g/mol. The fourth-order valence-corrected chi connectivity index (χ4v) is 2.75. The molecule has 1 aromatic rings. The molecule has 0 saturated carbocycles. The van der Waals surface area contributed by atoms with Crippen molar-refractivity contribution in [3.05, 3.63) is 34.9 Å². The Morgan fingerprint density at radius 1 is 1.13 bits per heavy atom. The summed E-state index contributed by atoms with van der Waals surface area (Å²) in [6.45, 7) is 7.46. The first kappa shape index (κ1) is 17.8. The number of amides is 2. The quantitative estimate of drug-likeness (QED) is 0.916. The predicted molar refractivity (Wildman–Crippen MR) is 92.5 cm³/mol. The van der Waals surface area contributed by atoms with Gasteiger partial charge >= 0.3 is 0 Å². The molecule has 1 aliphatic rings. The van der Waals surface area contributed by atoms with Gasteiger partial charge in [0.25, 0.3) is 5.91 Å². The van der Waals surface area contributed by atoms with Crippen LogP contribution in [0, 0.1) is 11.8 Å². The minimum atomic E-state index is 0.00506. The Balaban J connectivity index is 1.87. The Bertz CT molecular complexity index is 549. The maximum absolute atomic E-state index is 12.4. The van der Waals surface area contributed by atoms with E-state index < -0.39 is 0 Å². The van der Waals surface area contributed by atoms with Crippen LogP contribution in [-0.2, 0) is 4.79 Å². The van der Waals surface area contributed by atoms with Gasteiger partial charge in [0.1, 0.15) is 0 Å². The number of carbonyl (C=O) groups excluding carboxylic acids is 2. The van der Waals surface area contributed by atoms with Gasteiger partial charge in [0.05, 0.1) is 0 Å². The second kappa shape index (κ2) is 7.82. The number of hydrogen-bond acceptors (Lipinski definition) is 2. The number of benzene rings is 1. The van der Waals surface area contributed by atoms with E-state index in [0.29, 0.717) is 29.6 Å². The molecular formula is C18H25ClN2O2. The Kier molecular flexibility index (Phi) is 6.05. The maximum Gasteiger partial charge on any atom is 0.253 e. The minimum Gasteiger partial charge on any atom is -0.353 e. The normalized spacial score (nSPS) is 17.2. The molecule has 23 heavy (non-hydrogen) atoms. The van der Waals surface area contributed by atoms with Crippen molar-refractivity contribution in [2.24, 2.45) is 11.8 Å². The molecule has 1 saturated heterocycles. The lowest BCUT2D eigenvalue weighted by atomic mass is 9.94. The second-order valence-corrected chi connectivity index (χ2v) is 7.05. The number of hydrogen-bond donors (Lipinski definition) is 1. The highest BCUT2D eigenvalue weighted by molar-refractivity contribution is 6.30. The number of nitrogens with one attached hydrogen (secondary N) is 1. The van der Waals surface area contributed by atoms with Gasteiger partial charge in [0, 0.05) is 35.6 Å². The van der Waals surface area contributed by atoms with Crippen molar-refractivity contribution in [1.29, 1.82) is 0 Å². The van der Waals surface area contributed by atoms with E-state index in [0.717, 1.165) is 12.8 Å². The predicted octanol–water partition coefficient (Wildman–Crippen LogP) is 3.35. The van der Waals surface area contributed by atoms with Gasteiger partial charge in [-0.25, -0.2) is 0 Å². The first-order valence-electron chi connectivity index (χ1n) is 8.23. The molecule has 1 heterocycles. The van der Waals surface area contributed by atoms with E-state index in [4.69, 9.17) is 11.6 Å². The lowest BCUT2D eigenvalue weighted by molar-refractivity contribution is -0.127. The van der Waals surface area contributed by atoms with Gasteiger partial charge in [-0.15, -0.1) is 0 Å². The van der Waals surface area contributed by atoms with Gasteiger partial charge in [-0.05, 0) is 49.9 Å². The number of nitrogens with zero attached hydrogens (tertiary/aromatic N) is 1. The summed E-state index contributed by atoms with van der Waals surface area (Å²) in [6.07, 6.45) is 1.44. The van der Waals surface area contributed by atoms with E-state index in [1.54, 1.807) is 24.3 Å². The first-order chi connectivity index (χ1) is 10.9. The van der Waals surface area contributed by atoms with E-state index >= 15 is 0 Å². The first-order valence-corrected chi connectivity index (χ1v) is 8.61. The number of carbonyl (C=O) groups is 2. The molecule has 1 fully saturated rings. The van der Waals surface area contributed by atoms with Crippen LogP contribution in [0.2, 0.25) is 5.02 Å². The van der Waals surface area contributed by atoms with Crippen molar-refractivity contribution in [2.75, 3.05) is 13.1 Å². The third-order valence-electron chi connectivity index (χ3n) is 4.61. The van der Waals surface area contributed by atoms with Crippen molar-refractivity contribution in [2.45, 2.75) is 39.7 Å². The van der Waals surface area contributed by atoms with Crippen molar-refractivity contribution < 1.29 is 9.59 Å². The van der Waals surface area contributed by atoms with Crippen LogP contribution in [0.4, 0.5) is 0 Å². The van der Waals surface area contributed by atoms with Crippen LogP contribution in [-0.4, -0.2) is 35.8 Å². The summed E-state index contributed by atoms with van der Waals surface area (Å²) >= 11 is 5.85. The molecule has 0 bridgehead atoms. The summed E-state index contributed by atoms with van der Waals surface area (Å²) in [5.41, 5.74) is 0.644. The SMILES string of the molecule is CC(C)C(C)NC(=O)C1CCN(C(=O)c2ccc(Cl)cc2)CC1. The summed E-state index contributed by atoms with van der Waals surface area (Å²) < 4.78 is 0. The van der Waals surface area contributed by atoms with Gasteiger partial charge < -0.3 is 10.2 Å². The molecule has 0 aromatic heterocycles. The van der Waals surface area contributed by atoms with Gasteiger partial charge in [0.15, 0.2) is 0 Å². The monoisotopic (exact) mass is 336 g/mol. The molecule has 2 rings (SSSR count). The smallest absolute Gasteiger partial charge is 0.253 e. The van der Waals surface area contributed by atoms with Crippen molar-refractivity contribution in [3.8, 4) is 0 Å². The minimum absolute atomic E-state index is 0.00506. The Hall–Kier alpha value is -1.55. The molecule has 126 valence electrons. The highest BCUT2D eigenvalue weighted by Gasteiger charge is 2.28. The highest BCUT2D eigenvalue weighted by Crippen LogP contribution is 2.20. The van der Waals surface area contributed by atoms with Crippen LogP contribution in [0.15, 0.2) is 24.3 Å². The molecule has 4 nitrogen and oxygen atoms in total. The number of piperidine rings is 1. The Morgan fingerprint density at radius 2 is 1.70 bits per heavy atom. The van der Waals surface area contributed by atoms with Crippen LogP contribution in [0.25, 0.3) is 0 Å². The Morgan fingerprint density at radius 3 is 2.22 bits per heavy atom. The zero-order valence-electron chi connectivity index (χ0n) is 14.0. The molecule has 1 N–H and O–H groups in total. The van der Waals surface area contributed by atoms with E-state index in [-0.39, 0.29) is 23.8 Å². The van der Waals surface area contributed by atoms with Crippen LogP contribution in [0.3, 0.4) is 0 Å². The standard InChI is InChI=1S/C18H25ClN2O2/c1-12(2)13(3)20-17(22)14-8-10-21(11-9-14)18(23)15-4-6-16(19)7-5-15/h4-7,12-14H,8-11H2,1-3H3,(H,20,22). The fraction of sp³-hybridized carbons (Fsp3) is 0.556. The van der Waals surface area contributed by atoms with Gasteiger partial charge in [-0.1, -0.05) is 25.4 Å². The summed E-state index contributed by atoms with van der Waals surface area (Å²) in [5.74, 6) is 0.553. The summed E-state index contributed by atoms with van der Waals surface area (Å²) in [5, 5.41) is 3.70. The van der Waals surface area contributed by atoms with Crippen LogP contribution in [0.1, 0.15) is 44.0 Å². The molecule has 0 aliphatic carbocycles. The van der Waals surface area contributed by atoms with E-state index in [1.165, 1.54) is 0 Å². The molecule has 0 radical (unpaired) electrons. The zero-order chi connectivity index (χ0) is 17.0. The number of rotatable bonds is 4. The highest BCUT2D eigenvalue weighted by atomic mass is 35.5. The van der Waals surface area contributed by atoms with E-state index in [9.17, 15) is 9.59 Å². The molecule has 0 spiro atoms. The third kappa shape index (κ3) is 4.71.